The van der Waals surface area contributed by atoms with E-state index in [2.05, 4.69) is 0 Å². The van der Waals surface area contributed by atoms with Crippen molar-refractivity contribution in [1.82, 2.24) is 0 Å². The summed E-state index contributed by atoms with van der Waals surface area (Å²) in [4.78, 5) is 0. The summed E-state index contributed by atoms with van der Waals surface area (Å²) >= 11 is 0. The van der Waals surface area contributed by atoms with Crippen molar-refractivity contribution in [3.8, 4) is 0 Å². The highest BCUT2D eigenvalue weighted by Gasteiger charge is 2.55. The molecule has 0 spiro atoms. The average Bonchev–Trinajstić information content (AvgIpc) is 3.07. The standard InChI is InChI=1S/C26H46O21/c1-39-19-7(3-27)42-24(16(36)11(19)31)46-21-9(5-29)44-26(18(38)13(21)33)47-22-10(6-30)43-25(17(37)14(22)34)45-20-8(4-28)41-23(40-2)15(35)12(20)32/h7-38H,3-6H2,1-2H3/t7?,8?,9?,10?,11-,12-,13-,14-,15?,16?,17?,18?,19-,20-,21-,22-,23-,24+,25+,26+/m1/s1. The average molecular weight is 695 g/mol. The summed E-state index contributed by atoms with van der Waals surface area (Å²) in [6.45, 7) is -3.09. The zero-order valence-electron chi connectivity index (χ0n) is 25.4. The number of aliphatic hydroxyl groups excluding tert-OH is 12. The summed E-state index contributed by atoms with van der Waals surface area (Å²) in [5, 5.41) is 125. The quantitative estimate of drug-likeness (QED) is 0.0902. The van der Waals surface area contributed by atoms with Gasteiger partial charge in [-0.05, 0) is 0 Å². The topological polar surface area (TPSA) is 326 Å². The molecule has 4 fully saturated rings. The first kappa shape index (κ1) is 39.0. The van der Waals surface area contributed by atoms with Gasteiger partial charge in [-0.3, -0.25) is 0 Å². The Morgan fingerprint density at radius 3 is 0.894 bits per heavy atom. The summed E-state index contributed by atoms with van der Waals surface area (Å²) in [5.74, 6) is 0. The van der Waals surface area contributed by atoms with Crippen LogP contribution in [0.25, 0.3) is 0 Å². The minimum atomic E-state index is -1.98. The third-order valence-electron chi connectivity index (χ3n) is 8.66. The molecule has 20 atom stereocenters. The van der Waals surface area contributed by atoms with E-state index in [9.17, 15) is 61.3 Å². The smallest absolute Gasteiger partial charge is 0.187 e. The fourth-order valence-corrected chi connectivity index (χ4v) is 6.00. The van der Waals surface area contributed by atoms with E-state index < -0.39 is 149 Å². The molecule has 0 aromatic heterocycles. The maximum atomic E-state index is 10.9. The second kappa shape index (κ2) is 16.9. The summed E-state index contributed by atoms with van der Waals surface area (Å²) in [5.41, 5.74) is 0. The Morgan fingerprint density at radius 2 is 0.617 bits per heavy atom. The molecule has 21 nitrogen and oxygen atoms in total. The monoisotopic (exact) mass is 694 g/mol. The van der Waals surface area contributed by atoms with Crippen molar-refractivity contribution >= 4 is 0 Å². The first-order valence-corrected chi connectivity index (χ1v) is 14.9. The van der Waals surface area contributed by atoms with Gasteiger partial charge in [0.05, 0.1) is 26.4 Å². The van der Waals surface area contributed by atoms with E-state index in [0.717, 1.165) is 0 Å². The lowest BCUT2D eigenvalue weighted by atomic mass is 9.95. The van der Waals surface area contributed by atoms with Gasteiger partial charge in [-0.2, -0.15) is 0 Å². The molecule has 4 heterocycles. The predicted octanol–water partition coefficient (Wildman–Crippen LogP) is -8.44. The molecular weight excluding hydrogens is 648 g/mol. The number of methoxy groups -OCH3 is 2. The molecule has 0 amide bonds. The zero-order valence-corrected chi connectivity index (χ0v) is 25.4. The van der Waals surface area contributed by atoms with Crippen LogP contribution in [0.4, 0.5) is 0 Å². The van der Waals surface area contributed by atoms with Crippen molar-refractivity contribution in [2.45, 2.75) is 123 Å². The Kier molecular flexibility index (Phi) is 14.0. The minimum Gasteiger partial charge on any atom is -0.394 e. The van der Waals surface area contributed by atoms with Crippen LogP contribution in [0.2, 0.25) is 0 Å². The van der Waals surface area contributed by atoms with E-state index in [4.69, 9.17) is 42.6 Å². The number of hydrogen-bond acceptors (Lipinski definition) is 21. The lowest BCUT2D eigenvalue weighted by molar-refractivity contribution is -0.388. The summed E-state index contributed by atoms with van der Waals surface area (Å²) < 4.78 is 48.7. The van der Waals surface area contributed by atoms with Gasteiger partial charge in [-0.25, -0.2) is 0 Å². The van der Waals surface area contributed by atoms with Gasteiger partial charge >= 0.3 is 0 Å². The van der Waals surface area contributed by atoms with Gasteiger partial charge in [-0.15, -0.1) is 0 Å². The normalized spacial score (nSPS) is 51.2. The van der Waals surface area contributed by atoms with Crippen molar-refractivity contribution in [3.05, 3.63) is 0 Å². The maximum Gasteiger partial charge on any atom is 0.187 e. The Balaban J connectivity index is 1.43. The van der Waals surface area contributed by atoms with Gasteiger partial charge in [0.1, 0.15) is 97.7 Å². The molecule has 0 bridgehead atoms. The molecule has 4 aliphatic heterocycles. The van der Waals surface area contributed by atoms with Gasteiger partial charge < -0.3 is 104 Å². The Morgan fingerprint density at radius 1 is 0.362 bits per heavy atom. The van der Waals surface area contributed by atoms with Crippen LogP contribution in [0, 0.1) is 0 Å². The van der Waals surface area contributed by atoms with E-state index in [1.54, 1.807) is 0 Å². The van der Waals surface area contributed by atoms with Gasteiger partial charge in [0.2, 0.25) is 0 Å². The van der Waals surface area contributed by atoms with Gasteiger partial charge in [0.15, 0.2) is 25.2 Å². The molecule has 0 aromatic carbocycles. The van der Waals surface area contributed by atoms with Crippen LogP contribution in [0.3, 0.4) is 0 Å². The van der Waals surface area contributed by atoms with Crippen LogP contribution in [0.15, 0.2) is 0 Å². The van der Waals surface area contributed by atoms with Crippen molar-refractivity contribution in [3.63, 3.8) is 0 Å². The van der Waals surface area contributed by atoms with Crippen LogP contribution in [-0.2, 0) is 42.6 Å². The van der Waals surface area contributed by atoms with Gasteiger partial charge in [-0.1, -0.05) is 0 Å². The molecule has 0 radical (unpaired) electrons. The maximum absolute atomic E-state index is 10.9. The van der Waals surface area contributed by atoms with Crippen molar-refractivity contribution in [1.29, 1.82) is 0 Å². The van der Waals surface area contributed by atoms with E-state index in [1.807, 2.05) is 0 Å². The molecule has 0 saturated carbocycles. The van der Waals surface area contributed by atoms with E-state index in [-0.39, 0.29) is 0 Å². The number of ether oxygens (including phenoxy) is 9. The molecule has 12 N–H and O–H groups in total. The fraction of sp³-hybridized carbons (Fsp3) is 1.00. The molecule has 0 aromatic rings. The van der Waals surface area contributed by atoms with Crippen molar-refractivity contribution in [2.24, 2.45) is 0 Å². The first-order chi connectivity index (χ1) is 22.4. The summed E-state index contributed by atoms with van der Waals surface area (Å²) in [6.07, 6.45) is -32.5. The Bertz CT molecular complexity index is 942. The van der Waals surface area contributed by atoms with Crippen LogP contribution in [-0.4, -0.2) is 225 Å². The molecule has 0 aliphatic carbocycles. The van der Waals surface area contributed by atoms with E-state index in [0.29, 0.717) is 0 Å². The molecule has 4 saturated heterocycles. The highest BCUT2D eigenvalue weighted by molar-refractivity contribution is 4.98. The van der Waals surface area contributed by atoms with Crippen LogP contribution >= 0.6 is 0 Å². The van der Waals surface area contributed by atoms with E-state index >= 15 is 0 Å². The van der Waals surface area contributed by atoms with Crippen LogP contribution < -0.4 is 0 Å². The molecule has 21 heteroatoms. The van der Waals surface area contributed by atoms with E-state index in [1.165, 1.54) is 14.2 Å². The Hall–Kier alpha value is -0.840. The zero-order chi connectivity index (χ0) is 34.7. The highest BCUT2D eigenvalue weighted by Crippen LogP contribution is 2.34. The van der Waals surface area contributed by atoms with Gasteiger partial charge in [0.25, 0.3) is 0 Å². The fourth-order valence-electron chi connectivity index (χ4n) is 6.00. The molecule has 4 rings (SSSR count). The number of rotatable bonds is 12. The third-order valence-corrected chi connectivity index (χ3v) is 8.66. The molecule has 8 unspecified atom stereocenters. The third kappa shape index (κ3) is 7.90. The molecular formula is C26H46O21. The first-order valence-electron chi connectivity index (χ1n) is 14.9. The minimum absolute atomic E-state index is 0.642. The summed E-state index contributed by atoms with van der Waals surface area (Å²) in [7, 11) is 2.41. The van der Waals surface area contributed by atoms with Crippen molar-refractivity contribution in [2.75, 3.05) is 40.6 Å². The second-order valence-electron chi connectivity index (χ2n) is 11.6. The second-order valence-corrected chi connectivity index (χ2v) is 11.6. The largest absolute Gasteiger partial charge is 0.394 e. The Labute approximate surface area is 267 Å². The number of hydrogen-bond donors (Lipinski definition) is 12. The van der Waals surface area contributed by atoms with Crippen LogP contribution in [0.1, 0.15) is 0 Å². The van der Waals surface area contributed by atoms with Gasteiger partial charge in [0, 0.05) is 14.2 Å². The van der Waals surface area contributed by atoms with Crippen molar-refractivity contribution < 1.29 is 104 Å². The van der Waals surface area contributed by atoms with Crippen LogP contribution in [0.5, 0.6) is 0 Å². The predicted molar refractivity (Wildman–Crippen MR) is 143 cm³/mol. The SMILES string of the molecule is CO[C@@H]1OC(CO)[C@@H](O[C@@H]2OC(CO)[C@@H](O[C@@H]3OC(CO)[C@@H](O[C@@H]4OC(CO)[C@@H](OC)[C@H](O)C4O)[C@H](O)C3O)[C@H](O)C2O)[C@H](O)C1O. The highest BCUT2D eigenvalue weighted by atomic mass is 16.8. The lowest BCUT2D eigenvalue weighted by Crippen LogP contribution is -2.67. The molecule has 47 heavy (non-hydrogen) atoms. The lowest BCUT2D eigenvalue weighted by Gasteiger charge is -2.49. The summed E-state index contributed by atoms with van der Waals surface area (Å²) in [6, 6.07) is 0. The number of aliphatic hydroxyl groups is 12. The molecule has 276 valence electrons. The molecule has 4 aliphatic rings.